The van der Waals surface area contributed by atoms with Gasteiger partial charge in [0, 0.05) is 17.5 Å². The van der Waals surface area contributed by atoms with E-state index in [1.807, 2.05) is 12.1 Å². The van der Waals surface area contributed by atoms with Crippen molar-refractivity contribution in [2.75, 3.05) is 6.54 Å². The van der Waals surface area contributed by atoms with Crippen LogP contribution in [0, 0.1) is 11.8 Å². The second kappa shape index (κ2) is 12.0. The molecule has 202 valence electrons. The standard InChI is InChI=1S/C35H39NO3/c1-2-3-4-5-6-25-7-10-27(11-8-25)28-12-17-30(18-13-28)35(24-26-9-16-32(35)23-26)31-19-14-29(15-20-31)34(39)36-22-21-33(37)38/h5-8,10-15,17-20,26,32H,2-4,9,16,21-24H2,1H3,(H,36,39)(H,37,38)/b6-5+. The number of amides is 1. The highest BCUT2D eigenvalue weighted by Crippen LogP contribution is 2.60. The highest BCUT2D eigenvalue weighted by atomic mass is 16.4. The molecule has 4 nitrogen and oxygen atoms in total. The maximum atomic E-state index is 12.5. The fourth-order valence-electron chi connectivity index (χ4n) is 6.80. The van der Waals surface area contributed by atoms with Gasteiger partial charge < -0.3 is 10.4 Å². The second-order valence-electron chi connectivity index (χ2n) is 11.3. The fourth-order valence-corrected chi connectivity index (χ4v) is 6.80. The van der Waals surface area contributed by atoms with E-state index in [0.717, 1.165) is 18.8 Å². The van der Waals surface area contributed by atoms with Crippen molar-refractivity contribution < 1.29 is 14.7 Å². The monoisotopic (exact) mass is 521 g/mol. The van der Waals surface area contributed by atoms with Gasteiger partial charge >= 0.3 is 5.97 Å². The van der Waals surface area contributed by atoms with Gasteiger partial charge in [0.25, 0.3) is 5.91 Å². The van der Waals surface area contributed by atoms with Crippen LogP contribution in [0.1, 0.15) is 85.3 Å². The van der Waals surface area contributed by atoms with Crippen LogP contribution >= 0.6 is 0 Å². The number of benzene rings is 3. The number of nitrogens with one attached hydrogen (secondary N) is 1. The number of carboxylic acid groups (broad SMARTS) is 1. The first kappa shape index (κ1) is 26.9. The van der Waals surface area contributed by atoms with Crippen LogP contribution in [0.5, 0.6) is 0 Å². The molecule has 39 heavy (non-hydrogen) atoms. The molecule has 3 aromatic rings. The van der Waals surface area contributed by atoms with Crippen LogP contribution in [0.4, 0.5) is 0 Å². The summed E-state index contributed by atoms with van der Waals surface area (Å²) in [6.07, 6.45) is 13.0. The van der Waals surface area contributed by atoms with Crippen molar-refractivity contribution in [3.8, 4) is 11.1 Å². The Morgan fingerprint density at radius 2 is 1.56 bits per heavy atom. The molecule has 0 saturated heterocycles. The average molecular weight is 522 g/mol. The summed E-state index contributed by atoms with van der Waals surface area (Å²) in [5.41, 5.74) is 6.90. The minimum absolute atomic E-state index is 0.0209. The Balaban J connectivity index is 1.35. The van der Waals surface area contributed by atoms with Crippen LogP contribution in [-0.4, -0.2) is 23.5 Å². The molecule has 2 aliphatic rings. The SMILES string of the molecule is CCCC/C=C/c1ccc(-c2ccc(C3(c4ccc(C(=O)NCCC(=O)O)cc4)CC4CCC3C4)cc2)cc1. The Morgan fingerprint density at radius 3 is 2.13 bits per heavy atom. The molecule has 2 N–H and O–H groups in total. The Bertz CT molecular complexity index is 1310. The van der Waals surface area contributed by atoms with Gasteiger partial charge in [-0.05, 0) is 77.5 Å². The summed E-state index contributed by atoms with van der Waals surface area (Å²) in [5, 5.41) is 11.5. The lowest BCUT2D eigenvalue weighted by atomic mass is 9.64. The van der Waals surface area contributed by atoms with E-state index in [0.29, 0.717) is 11.5 Å². The van der Waals surface area contributed by atoms with Crippen molar-refractivity contribution in [3.63, 3.8) is 0 Å². The Morgan fingerprint density at radius 1 is 0.923 bits per heavy atom. The van der Waals surface area contributed by atoms with Crippen molar-refractivity contribution in [2.24, 2.45) is 11.8 Å². The largest absolute Gasteiger partial charge is 0.481 e. The molecule has 2 saturated carbocycles. The van der Waals surface area contributed by atoms with Gasteiger partial charge in [0.15, 0.2) is 0 Å². The van der Waals surface area contributed by atoms with Gasteiger partial charge in [-0.3, -0.25) is 9.59 Å². The number of fused-ring (bicyclic) bond motifs is 2. The van der Waals surface area contributed by atoms with Gasteiger partial charge in [-0.25, -0.2) is 0 Å². The summed E-state index contributed by atoms with van der Waals surface area (Å²) in [6, 6.07) is 26.0. The first-order valence-corrected chi connectivity index (χ1v) is 14.5. The van der Waals surface area contributed by atoms with Crippen molar-refractivity contribution >= 4 is 18.0 Å². The molecule has 0 aliphatic heterocycles. The molecule has 0 radical (unpaired) electrons. The molecular formula is C35H39NO3. The highest BCUT2D eigenvalue weighted by Gasteiger charge is 2.52. The van der Waals surface area contributed by atoms with E-state index in [9.17, 15) is 9.59 Å². The quantitative estimate of drug-likeness (QED) is 0.252. The van der Waals surface area contributed by atoms with Gasteiger partial charge in [0.2, 0.25) is 0 Å². The van der Waals surface area contributed by atoms with Crippen molar-refractivity contribution in [1.29, 1.82) is 0 Å². The van der Waals surface area contributed by atoms with E-state index in [2.05, 4.69) is 85.1 Å². The molecule has 4 heteroatoms. The van der Waals surface area contributed by atoms with Crippen molar-refractivity contribution in [1.82, 2.24) is 5.32 Å². The van der Waals surface area contributed by atoms with Gasteiger partial charge in [-0.2, -0.15) is 0 Å². The number of allylic oxidation sites excluding steroid dienone is 1. The number of aliphatic carboxylic acids is 1. The molecule has 3 atom stereocenters. The van der Waals surface area contributed by atoms with Crippen LogP contribution in [0.25, 0.3) is 17.2 Å². The lowest BCUT2D eigenvalue weighted by molar-refractivity contribution is -0.136. The fraction of sp³-hybridized carbons (Fsp3) is 0.371. The maximum Gasteiger partial charge on any atom is 0.305 e. The number of hydrogen-bond donors (Lipinski definition) is 2. The molecule has 3 unspecified atom stereocenters. The third-order valence-corrected chi connectivity index (χ3v) is 8.81. The maximum absolute atomic E-state index is 12.5. The van der Waals surface area contributed by atoms with Crippen LogP contribution in [0.15, 0.2) is 78.9 Å². The zero-order valence-electron chi connectivity index (χ0n) is 22.9. The van der Waals surface area contributed by atoms with E-state index >= 15 is 0 Å². The first-order valence-electron chi connectivity index (χ1n) is 14.5. The third-order valence-electron chi connectivity index (χ3n) is 8.81. The second-order valence-corrected chi connectivity index (χ2v) is 11.3. The lowest BCUT2D eigenvalue weighted by Gasteiger charge is -2.39. The Kier molecular flexibility index (Phi) is 8.30. The first-order chi connectivity index (χ1) is 19.0. The van der Waals surface area contributed by atoms with E-state index in [4.69, 9.17) is 5.11 Å². The van der Waals surface area contributed by atoms with Crippen molar-refractivity contribution in [2.45, 2.75) is 63.7 Å². The summed E-state index contributed by atoms with van der Waals surface area (Å²) in [4.78, 5) is 23.3. The number of carbonyl (C=O) groups excluding carboxylic acids is 1. The van der Waals surface area contributed by atoms with Gasteiger partial charge in [0.1, 0.15) is 0 Å². The Hall–Kier alpha value is -3.66. The topological polar surface area (TPSA) is 66.4 Å². The van der Waals surface area contributed by atoms with Crippen LogP contribution in [0.3, 0.4) is 0 Å². The summed E-state index contributed by atoms with van der Waals surface area (Å²) in [5.74, 6) is 0.229. The predicted octanol–water partition coefficient (Wildman–Crippen LogP) is 7.87. The molecule has 3 aromatic carbocycles. The van der Waals surface area contributed by atoms with Gasteiger partial charge in [-0.1, -0.05) is 99.0 Å². The van der Waals surface area contributed by atoms with E-state index in [-0.39, 0.29) is 24.3 Å². The zero-order valence-corrected chi connectivity index (χ0v) is 22.9. The van der Waals surface area contributed by atoms with Crippen LogP contribution in [0.2, 0.25) is 0 Å². The molecule has 5 rings (SSSR count). The number of hydrogen-bond acceptors (Lipinski definition) is 2. The van der Waals surface area contributed by atoms with Crippen LogP contribution in [-0.2, 0) is 10.2 Å². The predicted molar refractivity (Wildman–Crippen MR) is 158 cm³/mol. The molecule has 2 fully saturated rings. The van der Waals surface area contributed by atoms with Crippen molar-refractivity contribution in [3.05, 3.63) is 101 Å². The van der Waals surface area contributed by atoms with Crippen LogP contribution < -0.4 is 5.32 Å². The summed E-state index contributed by atoms with van der Waals surface area (Å²) < 4.78 is 0. The molecule has 1 amide bonds. The minimum Gasteiger partial charge on any atom is -0.481 e. The summed E-state index contributed by atoms with van der Waals surface area (Å²) in [6.45, 7) is 2.35. The Labute approximate surface area is 232 Å². The smallest absolute Gasteiger partial charge is 0.305 e. The van der Waals surface area contributed by atoms with E-state index in [1.54, 1.807) is 0 Å². The number of carboxylic acids is 1. The normalized spacial score (nSPS) is 21.9. The molecule has 2 aliphatic carbocycles. The van der Waals surface area contributed by atoms with E-state index in [1.165, 1.54) is 59.9 Å². The molecule has 2 bridgehead atoms. The number of unbranched alkanes of at least 4 members (excludes halogenated alkanes) is 2. The highest BCUT2D eigenvalue weighted by molar-refractivity contribution is 5.94. The summed E-state index contributed by atoms with van der Waals surface area (Å²) >= 11 is 0. The molecule has 0 aromatic heterocycles. The molecule has 0 heterocycles. The van der Waals surface area contributed by atoms with E-state index < -0.39 is 5.97 Å². The average Bonchev–Trinajstić information content (AvgIpc) is 3.58. The molecule has 0 spiro atoms. The van der Waals surface area contributed by atoms with Gasteiger partial charge in [0.05, 0.1) is 6.42 Å². The lowest BCUT2D eigenvalue weighted by Crippen LogP contribution is -2.34. The summed E-state index contributed by atoms with van der Waals surface area (Å²) in [7, 11) is 0. The zero-order chi connectivity index (χ0) is 27.2. The minimum atomic E-state index is -0.915. The molecular weight excluding hydrogens is 482 g/mol. The third kappa shape index (κ3) is 5.85. The number of rotatable bonds is 11. The number of carbonyl (C=O) groups is 2. The van der Waals surface area contributed by atoms with Gasteiger partial charge in [-0.15, -0.1) is 0 Å².